The molecule has 0 saturated heterocycles. The Morgan fingerprint density at radius 3 is 2.86 bits per heavy atom. The molecule has 0 radical (unpaired) electrons. The van der Waals surface area contributed by atoms with Crippen LogP contribution in [0.15, 0.2) is 48.5 Å². The molecule has 2 atom stereocenters. The second-order valence-electron chi connectivity index (χ2n) is 7.27. The maximum absolute atomic E-state index is 14.5. The lowest BCUT2D eigenvalue weighted by atomic mass is 10.1. The number of nitrogens with one attached hydrogen (secondary N) is 2. The molecule has 0 aliphatic heterocycles. The molecule has 1 amide bonds. The number of benzene rings is 2. The number of carbonyl (C=O) groups is 1. The van der Waals surface area contributed by atoms with Crippen molar-refractivity contribution in [3.05, 3.63) is 65.5 Å². The fraction of sp³-hybridized carbons (Fsp3) is 0.273. The van der Waals surface area contributed by atoms with Crippen molar-refractivity contribution in [3.8, 4) is 5.75 Å². The number of anilines is 1. The zero-order valence-electron chi connectivity index (χ0n) is 16.0. The summed E-state index contributed by atoms with van der Waals surface area (Å²) >= 11 is 0. The highest BCUT2D eigenvalue weighted by Gasteiger charge is 2.42. The maximum Gasteiger partial charge on any atom is 0.246 e. The van der Waals surface area contributed by atoms with E-state index in [1.54, 1.807) is 18.6 Å². The number of fused-ring (bicyclic) bond motifs is 1. The summed E-state index contributed by atoms with van der Waals surface area (Å²) < 4.78 is 20.3. The Morgan fingerprint density at radius 2 is 2.10 bits per heavy atom. The summed E-state index contributed by atoms with van der Waals surface area (Å²) in [5, 5.41) is 12.7. The van der Waals surface area contributed by atoms with Gasteiger partial charge in [0.05, 0.1) is 5.52 Å². The average Bonchev–Trinajstić information content (AvgIpc) is 3.51. The van der Waals surface area contributed by atoms with Crippen molar-refractivity contribution in [3.63, 3.8) is 0 Å². The second-order valence-corrected chi connectivity index (χ2v) is 7.27. The van der Waals surface area contributed by atoms with E-state index in [0.29, 0.717) is 12.8 Å². The standard InChI is InChI=1S/C22H22FN3O3/c1-24-21-11-15(16-4-2-3-5-19(16)25-21)12-29-20-7-6-13(9-18(20)23)8-14-10-17(14)22(27)26-28/h2-7,9,11,14,17,28H,8,10,12H2,1H3,(H,24,25)(H,26,27). The monoisotopic (exact) mass is 395 g/mol. The van der Waals surface area contributed by atoms with Crippen LogP contribution in [0.5, 0.6) is 5.75 Å². The molecule has 2 unspecified atom stereocenters. The molecule has 0 spiro atoms. The topological polar surface area (TPSA) is 83.5 Å². The maximum atomic E-state index is 14.5. The Morgan fingerprint density at radius 1 is 1.28 bits per heavy atom. The van der Waals surface area contributed by atoms with Gasteiger partial charge >= 0.3 is 0 Å². The minimum atomic E-state index is -0.432. The summed E-state index contributed by atoms with van der Waals surface area (Å²) in [5.74, 6) is 0.0429. The minimum Gasteiger partial charge on any atom is -0.486 e. The third-order valence-corrected chi connectivity index (χ3v) is 5.30. The van der Waals surface area contributed by atoms with Gasteiger partial charge in [0.1, 0.15) is 12.4 Å². The van der Waals surface area contributed by atoms with E-state index in [9.17, 15) is 9.18 Å². The van der Waals surface area contributed by atoms with Crippen LogP contribution in [-0.4, -0.2) is 23.1 Å². The van der Waals surface area contributed by atoms with Crippen LogP contribution in [0, 0.1) is 17.7 Å². The van der Waals surface area contributed by atoms with E-state index < -0.39 is 5.82 Å². The molecule has 4 rings (SSSR count). The third-order valence-electron chi connectivity index (χ3n) is 5.30. The van der Waals surface area contributed by atoms with Gasteiger partial charge in [0.15, 0.2) is 11.6 Å². The first-order chi connectivity index (χ1) is 14.1. The fourth-order valence-corrected chi connectivity index (χ4v) is 3.62. The van der Waals surface area contributed by atoms with Crippen molar-refractivity contribution in [2.45, 2.75) is 19.4 Å². The molecule has 6 nitrogen and oxygen atoms in total. The highest BCUT2D eigenvalue weighted by Crippen LogP contribution is 2.41. The zero-order valence-corrected chi connectivity index (χ0v) is 16.0. The number of nitrogens with zero attached hydrogens (tertiary/aromatic N) is 1. The quantitative estimate of drug-likeness (QED) is 0.420. The first-order valence-corrected chi connectivity index (χ1v) is 9.50. The number of pyridine rings is 1. The van der Waals surface area contributed by atoms with Gasteiger partial charge in [-0.15, -0.1) is 0 Å². The normalized spacial score (nSPS) is 17.8. The van der Waals surface area contributed by atoms with Gasteiger partial charge in [0, 0.05) is 23.9 Å². The molecule has 3 N–H and O–H groups in total. The molecule has 1 saturated carbocycles. The van der Waals surface area contributed by atoms with Crippen LogP contribution in [0.4, 0.5) is 10.2 Å². The van der Waals surface area contributed by atoms with Gasteiger partial charge in [-0.25, -0.2) is 14.9 Å². The molecule has 1 aliphatic carbocycles. The third kappa shape index (κ3) is 4.14. The van der Waals surface area contributed by atoms with Crippen molar-refractivity contribution in [2.24, 2.45) is 11.8 Å². The van der Waals surface area contributed by atoms with Gasteiger partial charge in [-0.2, -0.15) is 0 Å². The van der Waals surface area contributed by atoms with Crippen molar-refractivity contribution < 1.29 is 19.1 Å². The predicted octanol–water partition coefficient (Wildman–Crippen LogP) is 3.68. The summed E-state index contributed by atoms with van der Waals surface area (Å²) in [4.78, 5) is 15.9. The Labute approximate surface area is 167 Å². The minimum absolute atomic E-state index is 0.136. The molecule has 29 heavy (non-hydrogen) atoms. The van der Waals surface area contributed by atoms with E-state index in [0.717, 1.165) is 27.8 Å². The van der Waals surface area contributed by atoms with Crippen molar-refractivity contribution in [1.82, 2.24) is 10.5 Å². The van der Waals surface area contributed by atoms with E-state index in [2.05, 4.69) is 10.3 Å². The first-order valence-electron chi connectivity index (χ1n) is 9.50. The van der Waals surface area contributed by atoms with Crippen LogP contribution in [-0.2, 0) is 17.8 Å². The van der Waals surface area contributed by atoms with Crippen LogP contribution < -0.4 is 15.5 Å². The van der Waals surface area contributed by atoms with Crippen LogP contribution in [0.1, 0.15) is 17.5 Å². The molecule has 0 bridgehead atoms. The van der Waals surface area contributed by atoms with Crippen LogP contribution in [0.3, 0.4) is 0 Å². The fourth-order valence-electron chi connectivity index (χ4n) is 3.62. The predicted molar refractivity (Wildman–Crippen MR) is 107 cm³/mol. The number of ether oxygens (including phenoxy) is 1. The number of hydrogen-bond acceptors (Lipinski definition) is 5. The molecule has 1 aliphatic rings. The van der Waals surface area contributed by atoms with E-state index in [1.165, 1.54) is 6.07 Å². The summed E-state index contributed by atoms with van der Waals surface area (Å²) in [7, 11) is 1.80. The zero-order chi connectivity index (χ0) is 20.4. The van der Waals surface area contributed by atoms with E-state index in [4.69, 9.17) is 9.94 Å². The Balaban J connectivity index is 1.46. The smallest absolute Gasteiger partial charge is 0.246 e. The Kier molecular flexibility index (Phi) is 5.31. The largest absolute Gasteiger partial charge is 0.486 e. The molecule has 7 heteroatoms. The molecule has 2 aromatic carbocycles. The molecule has 3 aromatic rings. The van der Waals surface area contributed by atoms with Gasteiger partial charge in [-0.05, 0) is 48.6 Å². The van der Waals surface area contributed by atoms with E-state index >= 15 is 0 Å². The van der Waals surface area contributed by atoms with Crippen LogP contribution in [0.25, 0.3) is 10.9 Å². The van der Waals surface area contributed by atoms with Gasteiger partial charge in [-0.3, -0.25) is 10.0 Å². The lowest BCUT2D eigenvalue weighted by Crippen LogP contribution is -2.21. The average molecular weight is 395 g/mol. The van der Waals surface area contributed by atoms with Crippen LogP contribution in [0.2, 0.25) is 0 Å². The van der Waals surface area contributed by atoms with E-state index in [-0.39, 0.29) is 30.1 Å². The summed E-state index contributed by atoms with van der Waals surface area (Å²) in [6.45, 7) is 0.218. The van der Waals surface area contributed by atoms with E-state index in [1.807, 2.05) is 36.4 Å². The number of carbonyl (C=O) groups excluding carboxylic acids is 1. The van der Waals surface area contributed by atoms with Gasteiger partial charge in [-0.1, -0.05) is 24.3 Å². The number of hydroxylamine groups is 1. The number of para-hydroxylation sites is 1. The van der Waals surface area contributed by atoms with Gasteiger partial charge in [0.25, 0.3) is 0 Å². The molecular formula is C22H22FN3O3. The molecule has 150 valence electrons. The number of halogens is 1. The number of amides is 1. The van der Waals surface area contributed by atoms with Crippen LogP contribution >= 0.6 is 0 Å². The van der Waals surface area contributed by atoms with Crippen molar-refractivity contribution >= 4 is 22.6 Å². The molecule has 1 fully saturated rings. The summed E-state index contributed by atoms with van der Waals surface area (Å²) in [5.41, 5.74) is 4.24. The number of aromatic nitrogens is 1. The molecule has 1 aromatic heterocycles. The summed E-state index contributed by atoms with van der Waals surface area (Å²) in [6.07, 6.45) is 1.30. The molecule has 1 heterocycles. The lowest BCUT2D eigenvalue weighted by Gasteiger charge is -2.12. The Hall–Kier alpha value is -3.19. The highest BCUT2D eigenvalue weighted by atomic mass is 19.1. The number of rotatable bonds is 7. The van der Waals surface area contributed by atoms with Gasteiger partial charge < -0.3 is 10.1 Å². The molecular weight excluding hydrogens is 373 g/mol. The van der Waals surface area contributed by atoms with Crippen molar-refractivity contribution in [2.75, 3.05) is 12.4 Å². The highest BCUT2D eigenvalue weighted by molar-refractivity contribution is 5.84. The second kappa shape index (κ2) is 8.05. The number of hydrogen-bond donors (Lipinski definition) is 3. The summed E-state index contributed by atoms with van der Waals surface area (Å²) in [6, 6.07) is 14.5. The van der Waals surface area contributed by atoms with Gasteiger partial charge in [0.2, 0.25) is 5.91 Å². The van der Waals surface area contributed by atoms with Crippen molar-refractivity contribution in [1.29, 1.82) is 0 Å². The first kappa shape index (κ1) is 19.1. The lowest BCUT2D eigenvalue weighted by molar-refractivity contribution is -0.130. The SMILES string of the molecule is CNc1cc(COc2ccc(CC3CC3C(=O)NO)cc2F)c2ccccc2n1. The Bertz CT molecular complexity index is 1060.